The number of nitrogens with one attached hydrogen (secondary N) is 1. The summed E-state index contributed by atoms with van der Waals surface area (Å²) in [6, 6.07) is 18.4. The van der Waals surface area contributed by atoms with E-state index in [0.717, 1.165) is 35.0 Å². The lowest BCUT2D eigenvalue weighted by Crippen LogP contribution is -2.32. The molecule has 0 spiro atoms. The van der Waals surface area contributed by atoms with E-state index in [1.165, 1.54) is 18.4 Å². The Morgan fingerprint density at radius 2 is 1.84 bits per heavy atom. The van der Waals surface area contributed by atoms with Crippen molar-refractivity contribution in [1.29, 1.82) is 0 Å². The third kappa shape index (κ3) is 3.27. The van der Waals surface area contributed by atoms with Crippen LogP contribution in [0.5, 0.6) is 0 Å². The molecule has 0 bridgehead atoms. The van der Waals surface area contributed by atoms with Gasteiger partial charge >= 0.3 is 0 Å². The van der Waals surface area contributed by atoms with Gasteiger partial charge in [0.2, 0.25) is 0 Å². The van der Waals surface area contributed by atoms with Gasteiger partial charge in [0.15, 0.2) is 0 Å². The Bertz CT molecular complexity index is 926. The third-order valence-electron chi connectivity index (χ3n) is 4.97. The number of aryl methyl sites for hydroxylation is 1. The predicted molar refractivity (Wildman–Crippen MR) is 102 cm³/mol. The fourth-order valence-corrected chi connectivity index (χ4v) is 3.65. The number of fused-ring (bicyclic) bond motifs is 1. The van der Waals surface area contributed by atoms with Gasteiger partial charge in [-0.05, 0) is 38.0 Å². The van der Waals surface area contributed by atoms with Crippen LogP contribution in [0.1, 0.15) is 41.6 Å². The first-order valence-corrected chi connectivity index (χ1v) is 8.98. The normalized spacial score (nSPS) is 14.8. The van der Waals surface area contributed by atoms with Crippen molar-refractivity contribution in [3.05, 3.63) is 65.7 Å². The molecule has 0 saturated heterocycles. The highest BCUT2D eigenvalue weighted by Crippen LogP contribution is 2.26. The van der Waals surface area contributed by atoms with E-state index >= 15 is 0 Å². The molecule has 0 atom stereocenters. The van der Waals surface area contributed by atoms with Crippen molar-refractivity contribution < 1.29 is 4.79 Å². The number of benzene rings is 2. The lowest BCUT2D eigenvalue weighted by Gasteiger charge is -2.14. The first kappa shape index (κ1) is 15.8. The zero-order chi connectivity index (χ0) is 17.2. The molecule has 1 saturated carbocycles. The molecule has 1 aromatic heterocycles. The van der Waals surface area contributed by atoms with Gasteiger partial charge in [-0.1, -0.05) is 54.8 Å². The maximum atomic E-state index is 12.9. The van der Waals surface area contributed by atoms with Gasteiger partial charge in [0.1, 0.15) is 0 Å². The molecule has 1 aliphatic carbocycles. The molecular formula is C22H22N2O. The second-order valence-corrected chi connectivity index (χ2v) is 6.90. The number of hydrogen-bond acceptors (Lipinski definition) is 2. The van der Waals surface area contributed by atoms with Crippen LogP contribution in [0.2, 0.25) is 0 Å². The van der Waals surface area contributed by atoms with Gasteiger partial charge in [-0.3, -0.25) is 4.79 Å². The highest BCUT2D eigenvalue weighted by Gasteiger charge is 2.20. The number of carbonyl (C=O) groups excluding carboxylic acids is 1. The summed E-state index contributed by atoms with van der Waals surface area (Å²) in [4.78, 5) is 17.7. The standard InChI is InChI=1S/C22H22N2O/c1-15-7-6-8-16(13-15)21-14-19(18-11-4-5-12-20(18)24-21)22(25)23-17-9-2-3-10-17/h4-8,11-14,17H,2-3,9-10H2,1H3,(H,23,25). The molecule has 3 nitrogen and oxygen atoms in total. The number of aromatic nitrogens is 1. The van der Waals surface area contributed by atoms with Crippen molar-refractivity contribution in [3.63, 3.8) is 0 Å². The van der Waals surface area contributed by atoms with Gasteiger partial charge in [0.05, 0.1) is 16.8 Å². The Kier molecular flexibility index (Phi) is 4.22. The Balaban J connectivity index is 1.79. The lowest BCUT2D eigenvalue weighted by atomic mass is 10.0. The van der Waals surface area contributed by atoms with Crippen LogP contribution in [0.25, 0.3) is 22.2 Å². The van der Waals surface area contributed by atoms with Crippen LogP contribution in [0.4, 0.5) is 0 Å². The van der Waals surface area contributed by atoms with Crippen LogP contribution in [-0.2, 0) is 0 Å². The number of rotatable bonds is 3. The molecule has 126 valence electrons. The minimum absolute atomic E-state index is 0.0133. The highest BCUT2D eigenvalue weighted by atomic mass is 16.1. The van der Waals surface area contributed by atoms with Crippen LogP contribution in [0.3, 0.4) is 0 Å². The van der Waals surface area contributed by atoms with E-state index in [0.29, 0.717) is 11.6 Å². The summed E-state index contributed by atoms with van der Waals surface area (Å²) in [7, 11) is 0. The second kappa shape index (κ2) is 6.67. The number of hydrogen-bond donors (Lipinski definition) is 1. The van der Waals surface area contributed by atoms with Crippen molar-refractivity contribution in [2.45, 2.75) is 38.6 Å². The molecule has 1 N–H and O–H groups in total. The molecule has 0 unspecified atom stereocenters. The fraction of sp³-hybridized carbons (Fsp3) is 0.273. The smallest absolute Gasteiger partial charge is 0.252 e. The summed E-state index contributed by atoms with van der Waals surface area (Å²) in [5.74, 6) is 0.0133. The minimum atomic E-state index is 0.0133. The quantitative estimate of drug-likeness (QED) is 0.743. The largest absolute Gasteiger partial charge is 0.349 e. The predicted octanol–water partition coefficient (Wildman–Crippen LogP) is 4.88. The number of pyridine rings is 1. The van der Waals surface area contributed by atoms with Crippen LogP contribution in [0, 0.1) is 6.92 Å². The molecule has 3 aromatic rings. The molecule has 1 fully saturated rings. The third-order valence-corrected chi connectivity index (χ3v) is 4.97. The Morgan fingerprint density at radius 1 is 1.04 bits per heavy atom. The topological polar surface area (TPSA) is 42.0 Å². The molecular weight excluding hydrogens is 308 g/mol. The van der Waals surface area contributed by atoms with E-state index in [4.69, 9.17) is 4.98 Å². The molecule has 0 aliphatic heterocycles. The second-order valence-electron chi connectivity index (χ2n) is 6.90. The van der Waals surface area contributed by atoms with Gasteiger partial charge in [-0.15, -0.1) is 0 Å². The Labute approximate surface area is 148 Å². The maximum Gasteiger partial charge on any atom is 0.252 e. The minimum Gasteiger partial charge on any atom is -0.349 e. The van der Waals surface area contributed by atoms with Crippen molar-refractivity contribution in [3.8, 4) is 11.3 Å². The molecule has 3 heteroatoms. The fourth-order valence-electron chi connectivity index (χ4n) is 3.65. The van der Waals surface area contributed by atoms with E-state index in [1.807, 2.05) is 42.5 Å². The number of nitrogens with zero attached hydrogens (tertiary/aromatic N) is 1. The highest BCUT2D eigenvalue weighted by molar-refractivity contribution is 6.07. The van der Waals surface area contributed by atoms with E-state index < -0.39 is 0 Å². The molecule has 4 rings (SSSR count). The number of carbonyl (C=O) groups is 1. The molecule has 1 heterocycles. The van der Waals surface area contributed by atoms with Gasteiger partial charge in [-0.2, -0.15) is 0 Å². The van der Waals surface area contributed by atoms with E-state index in [2.05, 4.69) is 24.4 Å². The number of amides is 1. The Morgan fingerprint density at radius 3 is 2.64 bits per heavy atom. The molecule has 2 aromatic carbocycles. The van der Waals surface area contributed by atoms with E-state index in [9.17, 15) is 4.79 Å². The lowest BCUT2D eigenvalue weighted by molar-refractivity contribution is 0.0939. The van der Waals surface area contributed by atoms with Crippen molar-refractivity contribution in [2.24, 2.45) is 0 Å². The van der Waals surface area contributed by atoms with Crippen LogP contribution in [-0.4, -0.2) is 16.9 Å². The molecule has 25 heavy (non-hydrogen) atoms. The summed E-state index contributed by atoms with van der Waals surface area (Å²) in [5, 5.41) is 4.12. The zero-order valence-electron chi connectivity index (χ0n) is 14.5. The average Bonchev–Trinajstić information content (AvgIpc) is 3.13. The summed E-state index contributed by atoms with van der Waals surface area (Å²) in [5.41, 5.74) is 4.65. The monoisotopic (exact) mass is 330 g/mol. The van der Waals surface area contributed by atoms with E-state index in [-0.39, 0.29) is 5.91 Å². The van der Waals surface area contributed by atoms with Gasteiger partial charge in [0, 0.05) is 17.0 Å². The molecule has 0 radical (unpaired) electrons. The van der Waals surface area contributed by atoms with Crippen LogP contribution < -0.4 is 5.32 Å². The van der Waals surface area contributed by atoms with Gasteiger partial charge in [0.25, 0.3) is 5.91 Å². The Hall–Kier alpha value is -2.68. The van der Waals surface area contributed by atoms with Crippen molar-refractivity contribution in [2.75, 3.05) is 0 Å². The average molecular weight is 330 g/mol. The summed E-state index contributed by atoms with van der Waals surface area (Å²) >= 11 is 0. The summed E-state index contributed by atoms with van der Waals surface area (Å²) < 4.78 is 0. The first-order valence-electron chi connectivity index (χ1n) is 8.98. The first-order chi connectivity index (χ1) is 12.2. The van der Waals surface area contributed by atoms with Crippen molar-refractivity contribution >= 4 is 16.8 Å². The van der Waals surface area contributed by atoms with Crippen molar-refractivity contribution in [1.82, 2.24) is 10.3 Å². The van der Waals surface area contributed by atoms with Crippen LogP contribution in [0.15, 0.2) is 54.6 Å². The molecule has 1 aliphatic rings. The number of para-hydroxylation sites is 1. The SMILES string of the molecule is Cc1cccc(-c2cc(C(=O)NC3CCCC3)c3ccccc3n2)c1. The maximum absolute atomic E-state index is 12.9. The zero-order valence-corrected chi connectivity index (χ0v) is 14.5. The van der Waals surface area contributed by atoms with Crippen LogP contribution >= 0.6 is 0 Å². The molecule has 1 amide bonds. The van der Waals surface area contributed by atoms with Gasteiger partial charge in [-0.25, -0.2) is 4.98 Å². The van der Waals surface area contributed by atoms with E-state index in [1.54, 1.807) is 0 Å². The van der Waals surface area contributed by atoms with Gasteiger partial charge < -0.3 is 5.32 Å². The summed E-state index contributed by atoms with van der Waals surface area (Å²) in [6.45, 7) is 2.07. The summed E-state index contributed by atoms with van der Waals surface area (Å²) in [6.07, 6.45) is 4.58.